The smallest absolute Gasteiger partial charge is 0.270 e. The maximum Gasteiger partial charge on any atom is 0.270 e. The van der Waals surface area contributed by atoms with Gasteiger partial charge in [-0.1, -0.05) is 24.3 Å². The van der Waals surface area contributed by atoms with Crippen molar-refractivity contribution >= 4 is 34.2 Å². The molecule has 0 radical (unpaired) electrons. The summed E-state index contributed by atoms with van der Waals surface area (Å²) in [5.41, 5.74) is 11.2. The summed E-state index contributed by atoms with van der Waals surface area (Å²) in [4.78, 5) is 28.5. The summed E-state index contributed by atoms with van der Waals surface area (Å²) in [6.45, 7) is 0.614. The Bertz CT molecular complexity index is 1500. The van der Waals surface area contributed by atoms with Crippen LogP contribution in [0.1, 0.15) is 23.1 Å². The molecule has 3 aromatic carbocycles. The molecule has 9 heteroatoms. The van der Waals surface area contributed by atoms with Crippen LogP contribution in [0.5, 0.6) is 0 Å². The first kappa shape index (κ1) is 24.0. The maximum absolute atomic E-state index is 13.2. The lowest BCUT2D eigenvalue weighted by Crippen LogP contribution is -2.10. The van der Waals surface area contributed by atoms with Crippen LogP contribution in [0.4, 0.5) is 17.1 Å². The average molecular weight is 495 g/mol. The Labute approximate surface area is 213 Å². The van der Waals surface area contributed by atoms with E-state index in [4.69, 9.17) is 5.73 Å². The third-order valence-corrected chi connectivity index (χ3v) is 6.35. The van der Waals surface area contributed by atoms with Gasteiger partial charge in [0.1, 0.15) is 5.82 Å². The lowest BCUT2D eigenvalue weighted by Gasteiger charge is -2.16. The third kappa shape index (κ3) is 4.85. The largest absolute Gasteiger partial charge is 0.354 e. The zero-order valence-corrected chi connectivity index (χ0v) is 20.3. The van der Waals surface area contributed by atoms with E-state index in [9.17, 15) is 14.9 Å². The second-order valence-corrected chi connectivity index (χ2v) is 8.84. The monoisotopic (exact) mass is 494 g/mol. The van der Waals surface area contributed by atoms with Gasteiger partial charge < -0.3 is 20.9 Å². The Morgan fingerprint density at radius 1 is 1.11 bits per heavy atom. The Morgan fingerprint density at radius 3 is 2.51 bits per heavy atom. The van der Waals surface area contributed by atoms with Gasteiger partial charge >= 0.3 is 0 Å². The third-order valence-electron chi connectivity index (χ3n) is 6.35. The summed E-state index contributed by atoms with van der Waals surface area (Å²) in [5, 5.41) is 17.7. The topological polar surface area (TPSA) is 128 Å². The number of amides is 1. The van der Waals surface area contributed by atoms with Gasteiger partial charge in [-0.15, -0.1) is 0 Å². The van der Waals surface area contributed by atoms with E-state index in [2.05, 4.69) is 15.6 Å². The first-order chi connectivity index (χ1) is 17.9. The number of aryl methyl sites for hydroxylation is 2. The van der Waals surface area contributed by atoms with Gasteiger partial charge in [-0.05, 0) is 60.8 Å². The Balaban J connectivity index is 1.59. The number of anilines is 2. The molecule has 4 aromatic rings. The normalized spacial score (nSPS) is 13.7. The molecule has 0 atom stereocenters. The minimum Gasteiger partial charge on any atom is -0.354 e. The van der Waals surface area contributed by atoms with Crippen molar-refractivity contribution in [1.82, 2.24) is 9.55 Å². The van der Waals surface area contributed by atoms with Crippen molar-refractivity contribution in [1.29, 1.82) is 0 Å². The van der Waals surface area contributed by atoms with Crippen LogP contribution in [-0.4, -0.2) is 26.9 Å². The molecule has 1 amide bonds. The van der Waals surface area contributed by atoms with E-state index >= 15 is 0 Å². The molecular weight excluding hydrogens is 468 g/mol. The molecule has 1 aromatic heterocycles. The Hall–Kier alpha value is -4.76. The van der Waals surface area contributed by atoms with Crippen molar-refractivity contribution in [2.45, 2.75) is 12.8 Å². The van der Waals surface area contributed by atoms with Crippen LogP contribution in [0.3, 0.4) is 0 Å². The van der Waals surface area contributed by atoms with Crippen LogP contribution in [0, 0.1) is 10.1 Å². The fraction of sp³-hybridized carbons (Fsp3) is 0.143. The van der Waals surface area contributed by atoms with Gasteiger partial charge in [-0.25, -0.2) is 4.98 Å². The molecule has 0 aliphatic carbocycles. The number of carbonyl (C=O) groups excluding carboxylic acids is 1. The first-order valence-electron chi connectivity index (χ1n) is 11.9. The highest BCUT2D eigenvalue weighted by Crippen LogP contribution is 2.39. The van der Waals surface area contributed by atoms with Gasteiger partial charge in [0.25, 0.3) is 11.6 Å². The van der Waals surface area contributed by atoms with E-state index in [1.165, 1.54) is 12.1 Å². The number of benzene rings is 3. The van der Waals surface area contributed by atoms with Gasteiger partial charge in [0.05, 0.1) is 16.2 Å². The summed E-state index contributed by atoms with van der Waals surface area (Å²) >= 11 is 0. The fourth-order valence-corrected chi connectivity index (χ4v) is 4.43. The van der Waals surface area contributed by atoms with Crippen LogP contribution in [0.25, 0.3) is 22.7 Å². The highest BCUT2D eigenvalue weighted by molar-refractivity contribution is 6.37. The lowest BCUT2D eigenvalue weighted by molar-refractivity contribution is -0.384. The number of fused-ring (bicyclic) bond motifs is 1. The Morgan fingerprint density at radius 2 is 1.86 bits per heavy atom. The molecule has 0 fully saturated rings. The molecule has 186 valence electrons. The SMILES string of the molecule is Cn1ccnc1-c1ccc(N/C(=C2\C(=O)Nc3ccc([N+](=O)[O-])cc32)c2ccc(CCCN)cc2)cc1. The van der Waals surface area contributed by atoms with Crippen LogP contribution in [-0.2, 0) is 18.3 Å². The quantitative estimate of drug-likeness (QED) is 0.183. The van der Waals surface area contributed by atoms with Crippen LogP contribution in [0.2, 0.25) is 0 Å². The molecule has 2 heterocycles. The van der Waals surface area contributed by atoms with Gasteiger partial charge in [-0.2, -0.15) is 0 Å². The fourth-order valence-electron chi connectivity index (χ4n) is 4.43. The van der Waals surface area contributed by atoms with E-state index in [0.717, 1.165) is 41.0 Å². The molecule has 5 rings (SSSR count). The molecular formula is C28H26N6O3. The first-order valence-corrected chi connectivity index (χ1v) is 11.9. The van der Waals surface area contributed by atoms with Crippen molar-refractivity contribution in [3.05, 3.63) is 106 Å². The number of hydrogen-bond donors (Lipinski definition) is 3. The van der Waals surface area contributed by atoms with Crippen LogP contribution >= 0.6 is 0 Å². The summed E-state index contributed by atoms with van der Waals surface area (Å²) in [7, 11) is 1.93. The predicted octanol–water partition coefficient (Wildman–Crippen LogP) is 4.82. The molecule has 0 saturated heterocycles. The van der Waals surface area contributed by atoms with E-state index in [0.29, 0.717) is 29.1 Å². The molecule has 1 aliphatic rings. The molecule has 0 saturated carbocycles. The van der Waals surface area contributed by atoms with Gasteiger partial charge in [0.2, 0.25) is 0 Å². The van der Waals surface area contributed by atoms with E-state index < -0.39 is 4.92 Å². The number of carbonyl (C=O) groups is 1. The standard InChI is InChI=1S/C28H26N6O3/c1-33-16-15-30-27(33)20-8-10-21(11-9-20)31-26(19-6-4-18(5-7-19)3-2-14-29)25-23-17-22(34(36)37)12-13-24(23)32-28(25)35/h4-13,15-17,31H,2-3,14,29H2,1H3,(H,32,35)/b26-25-. The number of hydrogen-bond acceptors (Lipinski definition) is 6. The number of nitro benzene ring substituents is 1. The average Bonchev–Trinajstić information content (AvgIpc) is 3.48. The molecule has 37 heavy (non-hydrogen) atoms. The number of non-ortho nitro benzene ring substituents is 1. The number of aromatic nitrogens is 2. The zero-order chi connectivity index (χ0) is 25.9. The highest BCUT2D eigenvalue weighted by atomic mass is 16.6. The van der Waals surface area contributed by atoms with Crippen molar-refractivity contribution in [2.75, 3.05) is 17.2 Å². The molecule has 0 unspecified atom stereocenters. The summed E-state index contributed by atoms with van der Waals surface area (Å²) in [6, 6.07) is 20.1. The Kier molecular flexibility index (Phi) is 6.53. The number of rotatable bonds is 8. The van der Waals surface area contributed by atoms with Crippen molar-refractivity contribution < 1.29 is 9.72 Å². The minimum atomic E-state index is -0.462. The maximum atomic E-state index is 13.2. The zero-order valence-electron chi connectivity index (χ0n) is 20.3. The van der Waals surface area contributed by atoms with Crippen LogP contribution in [0.15, 0.2) is 79.1 Å². The van der Waals surface area contributed by atoms with Crippen molar-refractivity contribution in [2.24, 2.45) is 12.8 Å². The van der Waals surface area contributed by atoms with E-state index in [1.807, 2.05) is 66.3 Å². The molecule has 0 bridgehead atoms. The lowest BCUT2D eigenvalue weighted by atomic mass is 9.98. The number of nitro groups is 1. The van der Waals surface area contributed by atoms with Gasteiger partial charge in [-0.3, -0.25) is 14.9 Å². The molecule has 1 aliphatic heterocycles. The summed E-state index contributed by atoms with van der Waals surface area (Å²) < 4.78 is 1.94. The second-order valence-electron chi connectivity index (χ2n) is 8.84. The number of nitrogens with one attached hydrogen (secondary N) is 2. The van der Waals surface area contributed by atoms with E-state index in [1.54, 1.807) is 12.3 Å². The van der Waals surface area contributed by atoms with Crippen LogP contribution < -0.4 is 16.4 Å². The number of nitrogens with two attached hydrogens (primary N) is 1. The molecule has 0 spiro atoms. The minimum absolute atomic E-state index is 0.0800. The van der Waals surface area contributed by atoms with Gasteiger partial charge in [0, 0.05) is 54.1 Å². The highest BCUT2D eigenvalue weighted by Gasteiger charge is 2.30. The molecule has 4 N–H and O–H groups in total. The number of imidazole rings is 1. The van der Waals surface area contributed by atoms with Crippen molar-refractivity contribution in [3.63, 3.8) is 0 Å². The van der Waals surface area contributed by atoms with E-state index in [-0.39, 0.29) is 11.6 Å². The number of nitrogens with zero attached hydrogens (tertiary/aromatic N) is 3. The molecule has 9 nitrogen and oxygen atoms in total. The second kappa shape index (κ2) is 10.1. The predicted molar refractivity (Wildman–Crippen MR) is 145 cm³/mol. The summed E-state index contributed by atoms with van der Waals surface area (Å²) in [6.07, 6.45) is 5.38. The van der Waals surface area contributed by atoms with Crippen molar-refractivity contribution in [3.8, 4) is 11.4 Å². The van der Waals surface area contributed by atoms with Gasteiger partial charge in [0.15, 0.2) is 0 Å². The summed E-state index contributed by atoms with van der Waals surface area (Å²) in [5.74, 6) is 0.518.